The molecule has 0 saturated heterocycles. The van der Waals surface area contributed by atoms with Gasteiger partial charge in [-0.3, -0.25) is 14.5 Å². The van der Waals surface area contributed by atoms with Crippen molar-refractivity contribution in [2.24, 2.45) is 0 Å². The van der Waals surface area contributed by atoms with Crippen LogP contribution in [0.4, 0.5) is 0 Å². The first kappa shape index (κ1) is 12.3. The lowest BCUT2D eigenvalue weighted by Gasteiger charge is -2.12. The van der Waals surface area contributed by atoms with Gasteiger partial charge in [0.1, 0.15) is 0 Å². The van der Waals surface area contributed by atoms with E-state index >= 15 is 0 Å². The van der Waals surface area contributed by atoms with Gasteiger partial charge in [0.15, 0.2) is 0 Å². The number of hydrogen-bond donors (Lipinski definition) is 1. The fourth-order valence-electron chi connectivity index (χ4n) is 1.88. The topological polar surface area (TPSA) is 49.4 Å². The van der Waals surface area contributed by atoms with Crippen LogP contribution in [0.15, 0.2) is 22.7 Å². The minimum absolute atomic E-state index is 0.186. The van der Waals surface area contributed by atoms with Crippen LogP contribution in [0.5, 0.6) is 0 Å². The van der Waals surface area contributed by atoms with Crippen LogP contribution in [0, 0.1) is 0 Å². The molecule has 0 fully saturated rings. The van der Waals surface area contributed by atoms with Gasteiger partial charge in [-0.25, -0.2) is 0 Å². The summed E-state index contributed by atoms with van der Waals surface area (Å²) in [7, 11) is 1.85. The van der Waals surface area contributed by atoms with Gasteiger partial charge in [0, 0.05) is 11.0 Å². The molecule has 1 N–H and O–H groups in total. The minimum atomic E-state index is -0.192. The first-order chi connectivity index (χ1) is 8.15. The van der Waals surface area contributed by atoms with Crippen molar-refractivity contribution in [2.75, 3.05) is 20.1 Å². The molecule has 0 saturated carbocycles. The van der Waals surface area contributed by atoms with Crippen molar-refractivity contribution in [1.82, 2.24) is 10.2 Å². The fraction of sp³-hybridized carbons (Fsp3) is 0.333. The number of benzene rings is 1. The SMILES string of the molecule is CNCCCN1C(=O)c2ccc(Br)cc2C1=O. The Labute approximate surface area is 108 Å². The summed E-state index contributed by atoms with van der Waals surface area (Å²) in [6.45, 7) is 1.25. The molecule has 0 aromatic heterocycles. The Morgan fingerprint density at radius 3 is 2.65 bits per heavy atom. The molecule has 17 heavy (non-hydrogen) atoms. The van der Waals surface area contributed by atoms with Gasteiger partial charge in [-0.15, -0.1) is 0 Å². The smallest absolute Gasteiger partial charge is 0.261 e. The highest BCUT2D eigenvalue weighted by Gasteiger charge is 2.34. The summed E-state index contributed by atoms with van der Waals surface area (Å²) in [5, 5.41) is 2.99. The number of carbonyl (C=O) groups excluding carboxylic acids is 2. The number of hydrogen-bond acceptors (Lipinski definition) is 3. The lowest BCUT2D eigenvalue weighted by molar-refractivity contribution is 0.0653. The summed E-state index contributed by atoms with van der Waals surface area (Å²) >= 11 is 3.30. The van der Waals surface area contributed by atoms with Crippen molar-refractivity contribution in [3.8, 4) is 0 Å². The molecule has 5 heteroatoms. The van der Waals surface area contributed by atoms with E-state index in [1.54, 1.807) is 18.2 Å². The maximum atomic E-state index is 12.0. The number of halogens is 1. The highest BCUT2D eigenvalue weighted by molar-refractivity contribution is 9.10. The van der Waals surface area contributed by atoms with Gasteiger partial charge in [0.2, 0.25) is 0 Å². The average molecular weight is 297 g/mol. The lowest BCUT2D eigenvalue weighted by atomic mass is 10.1. The summed E-state index contributed by atoms with van der Waals surface area (Å²) in [6.07, 6.45) is 0.767. The quantitative estimate of drug-likeness (QED) is 0.679. The summed E-state index contributed by atoms with van der Waals surface area (Å²) in [4.78, 5) is 25.3. The Morgan fingerprint density at radius 1 is 1.24 bits per heavy atom. The van der Waals surface area contributed by atoms with Crippen LogP contribution in [0.3, 0.4) is 0 Å². The van der Waals surface area contributed by atoms with Crippen LogP contribution in [0.1, 0.15) is 27.1 Å². The Hall–Kier alpha value is -1.20. The molecule has 1 aromatic carbocycles. The predicted octanol–water partition coefficient (Wildman–Crippen LogP) is 1.65. The first-order valence-electron chi connectivity index (χ1n) is 5.45. The molecule has 90 valence electrons. The molecule has 0 atom stereocenters. The second-order valence-corrected chi connectivity index (χ2v) is 4.82. The number of nitrogens with zero attached hydrogens (tertiary/aromatic N) is 1. The molecule has 1 aliphatic rings. The van der Waals surface area contributed by atoms with E-state index < -0.39 is 0 Å². The van der Waals surface area contributed by atoms with Crippen LogP contribution in [0.2, 0.25) is 0 Å². The third-order valence-corrected chi connectivity index (χ3v) is 3.23. The zero-order chi connectivity index (χ0) is 12.4. The fourth-order valence-corrected chi connectivity index (χ4v) is 2.24. The average Bonchev–Trinajstić information content (AvgIpc) is 2.54. The summed E-state index contributed by atoms with van der Waals surface area (Å²) in [5.41, 5.74) is 0.997. The van der Waals surface area contributed by atoms with Crippen molar-refractivity contribution in [3.05, 3.63) is 33.8 Å². The third kappa shape index (κ3) is 2.25. The summed E-state index contributed by atoms with van der Waals surface area (Å²) in [6, 6.07) is 5.17. The molecule has 2 amide bonds. The predicted molar refractivity (Wildman–Crippen MR) is 68.1 cm³/mol. The molecule has 1 aromatic rings. The number of rotatable bonds is 4. The van der Waals surface area contributed by atoms with Gasteiger partial charge in [-0.05, 0) is 38.2 Å². The molecule has 4 nitrogen and oxygen atoms in total. The normalized spacial score (nSPS) is 14.4. The van der Waals surface area contributed by atoms with Crippen molar-refractivity contribution >= 4 is 27.7 Å². The van der Waals surface area contributed by atoms with E-state index in [2.05, 4.69) is 21.2 Å². The summed E-state index contributed by atoms with van der Waals surface area (Å²) < 4.78 is 0.814. The van der Waals surface area contributed by atoms with E-state index in [0.717, 1.165) is 17.4 Å². The van der Waals surface area contributed by atoms with Gasteiger partial charge >= 0.3 is 0 Å². The van der Waals surface area contributed by atoms with E-state index in [0.29, 0.717) is 17.7 Å². The van der Waals surface area contributed by atoms with Gasteiger partial charge in [0.05, 0.1) is 11.1 Å². The van der Waals surface area contributed by atoms with E-state index in [1.165, 1.54) is 4.90 Å². The van der Waals surface area contributed by atoms with Gasteiger partial charge in [-0.1, -0.05) is 15.9 Å². The minimum Gasteiger partial charge on any atom is -0.320 e. The number of imide groups is 1. The van der Waals surface area contributed by atoms with Gasteiger partial charge < -0.3 is 5.32 Å². The molecule has 0 radical (unpaired) electrons. The molecular formula is C12H13BrN2O2. The standard InChI is InChI=1S/C12H13BrN2O2/c1-14-5-2-6-15-11(16)9-4-3-8(13)7-10(9)12(15)17/h3-4,7,14H,2,5-6H2,1H3. The Kier molecular flexibility index (Phi) is 3.59. The Morgan fingerprint density at radius 2 is 1.94 bits per heavy atom. The number of amides is 2. The molecule has 0 spiro atoms. The number of nitrogens with one attached hydrogen (secondary N) is 1. The van der Waals surface area contributed by atoms with E-state index in [9.17, 15) is 9.59 Å². The first-order valence-corrected chi connectivity index (χ1v) is 6.25. The summed E-state index contributed by atoms with van der Waals surface area (Å²) in [5.74, 6) is -0.379. The maximum Gasteiger partial charge on any atom is 0.261 e. The van der Waals surface area contributed by atoms with Crippen LogP contribution >= 0.6 is 15.9 Å². The Balaban J connectivity index is 2.20. The maximum absolute atomic E-state index is 12.0. The van der Waals surface area contributed by atoms with Crippen molar-refractivity contribution in [3.63, 3.8) is 0 Å². The van der Waals surface area contributed by atoms with Crippen LogP contribution in [-0.4, -0.2) is 36.9 Å². The van der Waals surface area contributed by atoms with Crippen molar-refractivity contribution in [2.45, 2.75) is 6.42 Å². The monoisotopic (exact) mass is 296 g/mol. The number of fused-ring (bicyclic) bond motifs is 1. The second kappa shape index (κ2) is 4.98. The highest BCUT2D eigenvalue weighted by atomic mass is 79.9. The molecule has 0 aliphatic carbocycles. The zero-order valence-corrected chi connectivity index (χ0v) is 11.1. The van der Waals surface area contributed by atoms with Crippen molar-refractivity contribution in [1.29, 1.82) is 0 Å². The number of carbonyl (C=O) groups is 2. The molecule has 1 heterocycles. The lowest BCUT2D eigenvalue weighted by Crippen LogP contribution is -2.32. The molecule has 1 aliphatic heterocycles. The van der Waals surface area contributed by atoms with Crippen molar-refractivity contribution < 1.29 is 9.59 Å². The van der Waals surface area contributed by atoms with Crippen LogP contribution < -0.4 is 5.32 Å². The Bertz CT molecular complexity index is 474. The zero-order valence-electron chi connectivity index (χ0n) is 9.50. The van der Waals surface area contributed by atoms with Gasteiger partial charge in [0.25, 0.3) is 11.8 Å². The van der Waals surface area contributed by atoms with Gasteiger partial charge in [-0.2, -0.15) is 0 Å². The molecule has 0 unspecified atom stereocenters. The second-order valence-electron chi connectivity index (χ2n) is 3.91. The van der Waals surface area contributed by atoms with E-state index in [1.807, 2.05) is 7.05 Å². The molecular weight excluding hydrogens is 284 g/mol. The highest BCUT2D eigenvalue weighted by Crippen LogP contribution is 2.25. The third-order valence-electron chi connectivity index (χ3n) is 2.74. The largest absolute Gasteiger partial charge is 0.320 e. The molecule has 2 rings (SSSR count). The molecule has 0 bridgehead atoms. The van der Waals surface area contributed by atoms with E-state index in [4.69, 9.17) is 0 Å². The van der Waals surface area contributed by atoms with Crippen LogP contribution in [-0.2, 0) is 0 Å². The van der Waals surface area contributed by atoms with E-state index in [-0.39, 0.29) is 11.8 Å². The van der Waals surface area contributed by atoms with Crippen LogP contribution in [0.25, 0.3) is 0 Å².